The highest BCUT2D eigenvalue weighted by Gasteiger charge is 2.26. The van der Waals surface area contributed by atoms with Crippen molar-refractivity contribution in [2.24, 2.45) is 5.92 Å². The molecule has 1 fully saturated rings. The number of aliphatic hydroxyl groups excluding tert-OH is 1. The van der Waals surface area contributed by atoms with E-state index in [2.05, 4.69) is 15.9 Å². The minimum Gasteiger partial charge on any atom is -0.388 e. The molecule has 1 N–H and O–H groups in total. The first-order valence-electron chi connectivity index (χ1n) is 4.90. The molecule has 2 nitrogen and oxygen atoms in total. The summed E-state index contributed by atoms with van der Waals surface area (Å²) in [5, 5.41) is 10.7. The maximum Gasteiger partial charge on any atom is 0.0855 e. The summed E-state index contributed by atoms with van der Waals surface area (Å²) in [6.45, 7) is 1.34. The van der Waals surface area contributed by atoms with Gasteiger partial charge >= 0.3 is 0 Å². The smallest absolute Gasteiger partial charge is 0.0855 e. The summed E-state index contributed by atoms with van der Waals surface area (Å²) in [5.74, 6) is 0.164. The zero-order chi connectivity index (χ0) is 10.8. The van der Waals surface area contributed by atoms with Gasteiger partial charge in [-0.3, -0.25) is 0 Å². The Bertz CT molecular complexity index is 350. The van der Waals surface area contributed by atoms with Gasteiger partial charge in [-0.25, -0.2) is 0 Å². The molecule has 0 radical (unpaired) electrons. The first kappa shape index (κ1) is 11.4. The standard InChI is InChI=1S/C11H12BrClO2/c12-9-3-1-2-8(10(9)13)11(14)7-4-5-15-6-7/h1-3,7,11,14H,4-6H2. The number of halogens is 2. The van der Waals surface area contributed by atoms with E-state index < -0.39 is 6.10 Å². The number of rotatable bonds is 2. The number of ether oxygens (including phenoxy) is 1. The second-order valence-corrected chi connectivity index (χ2v) is 4.94. The van der Waals surface area contributed by atoms with Gasteiger partial charge in [0.1, 0.15) is 0 Å². The molecule has 1 heterocycles. The lowest BCUT2D eigenvalue weighted by molar-refractivity contribution is 0.0918. The molecule has 15 heavy (non-hydrogen) atoms. The topological polar surface area (TPSA) is 29.5 Å². The molecule has 0 saturated carbocycles. The SMILES string of the molecule is OC(c1cccc(Br)c1Cl)C1CCOC1. The monoisotopic (exact) mass is 290 g/mol. The fraction of sp³-hybridized carbons (Fsp3) is 0.455. The predicted octanol–water partition coefficient (Wildman–Crippen LogP) is 3.17. The second kappa shape index (κ2) is 4.83. The molecule has 0 amide bonds. The molecule has 2 atom stereocenters. The molecule has 1 aromatic rings. The summed E-state index contributed by atoms with van der Waals surface area (Å²) in [4.78, 5) is 0. The van der Waals surface area contributed by atoms with Gasteiger partial charge in [0.2, 0.25) is 0 Å². The Hall–Kier alpha value is -0.0900. The van der Waals surface area contributed by atoms with Gasteiger partial charge in [0.15, 0.2) is 0 Å². The molecule has 0 aliphatic carbocycles. The number of aliphatic hydroxyl groups is 1. The lowest BCUT2D eigenvalue weighted by Gasteiger charge is -2.18. The van der Waals surface area contributed by atoms with Crippen molar-refractivity contribution >= 4 is 27.5 Å². The quantitative estimate of drug-likeness (QED) is 0.907. The molecule has 2 rings (SSSR count). The van der Waals surface area contributed by atoms with Gasteiger partial charge in [0, 0.05) is 22.6 Å². The third kappa shape index (κ3) is 2.36. The van der Waals surface area contributed by atoms with Crippen molar-refractivity contribution in [2.75, 3.05) is 13.2 Å². The highest BCUT2D eigenvalue weighted by atomic mass is 79.9. The minimum atomic E-state index is -0.530. The predicted molar refractivity (Wildman–Crippen MR) is 63.0 cm³/mol. The van der Waals surface area contributed by atoms with Crippen LogP contribution in [0.3, 0.4) is 0 Å². The Morgan fingerprint density at radius 3 is 3.00 bits per heavy atom. The summed E-state index contributed by atoms with van der Waals surface area (Å²) >= 11 is 9.47. The van der Waals surface area contributed by atoms with Gasteiger partial charge in [-0.1, -0.05) is 23.7 Å². The number of hydrogen-bond donors (Lipinski definition) is 1. The molecule has 1 aliphatic heterocycles. The van der Waals surface area contributed by atoms with Crippen LogP contribution in [0.25, 0.3) is 0 Å². The van der Waals surface area contributed by atoms with Gasteiger partial charge in [0.05, 0.1) is 17.7 Å². The molecule has 1 aliphatic rings. The van der Waals surface area contributed by atoms with E-state index in [9.17, 15) is 5.11 Å². The summed E-state index contributed by atoms with van der Waals surface area (Å²) in [5.41, 5.74) is 0.779. The molecule has 1 aromatic carbocycles. The third-order valence-electron chi connectivity index (χ3n) is 2.71. The van der Waals surface area contributed by atoms with E-state index in [0.29, 0.717) is 11.6 Å². The van der Waals surface area contributed by atoms with Crippen LogP contribution in [0.1, 0.15) is 18.1 Å². The van der Waals surface area contributed by atoms with Crippen LogP contribution in [0.15, 0.2) is 22.7 Å². The fourth-order valence-electron chi connectivity index (χ4n) is 1.80. The van der Waals surface area contributed by atoms with Gasteiger partial charge < -0.3 is 9.84 Å². The van der Waals surface area contributed by atoms with Crippen LogP contribution in [-0.2, 0) is 4.74 Å². The zero-order valence-corrected chi connectivity index (χ0v) is 10.5. The molecule has 82 valence electrons. The van der Waals surface area contributed by atoms with Crippen molar-refractivity contribution in [3.8, 4) is 0 Å². The van der Waals surface area contributed by atoms with E-state index in [1.54, 1.807) is 0 Å². The van der Waals surface area contributed by atoms with E-state index >= 15 is 0 Å². The number of hydrogen-bond acceptors (Lipinski definition) is 2. The largest absolute Gasteiger partial charge is 0.388 e. The molecule has 4 heteroatoms. The molecular weight excluding hydrogens is 279 g/mol. The summed E-state index contributed by atoms with van der Waals surface area (Å²) in [7, 11) is 0. The summed E-state index contributed by atoms with van der Waals surface area (Å²) < 4.78 is 6.07. The number of benzene rings is 1. The van der Waals surface area contributed by atoms with E-state index in [1.165, 1.54) is 0 Å². The van der Waals surface area contributed by atoms with Crippen molar-refractivity contribution in [2.45, 2.75) is 12.5 Å². The van der Waals surface area contributed by atoms with Crippen molar-refractivity contribution in [1.82, 2.24) is 0 Å². The molecule has 2 unspecified atom stereocenters. The molecular formula is C11H12BrClO2. The maximum atomic E-state index is 10.1. The van der Waals surface area contributed by atoms with Gasteiger partial charge in [0.25, 0.3) is 0 Å². The maximum absolute atomic E-state index is 10.1. The molecule has 0 bridgehead atoms. The van der Waals surface area contributed by atoms with Crippen molar-refractivity contribution in [3.05, 3.63) is 33.3 Å². The molecule has 0 aromatic heterocycles. The van der Waals surface area contributed by atoms with Crippen LogP contribution in [0.4, 0.5) is 0 Å². The third-order valence-corrected chi connectivity index (χ3v) is 4.02. The lowest BCUT2D eigenvalue weighted by atomic mass is 9.95. The van der Waals surface area contributed by atoms with Crippen LogP contribution in [0.2, 0.25) is 5.02 Å². The lowest BCUT2D eigenvalue weighted by Crippen LogP contribution is -2.12. The molecule has 1 saturated heterocycles. The second-order valence-electron chi connectivity index (χ2n) is 3.71. The summed E-state index contributed by atoms with van der Waals surface area (Å²) in [6, 6.07) is 5.60. The van der Waals surface area contributed by atoms with Crippen LogP contribution < -0.4 is 0 Å². The normalized spacial score (nSPS) is 23.0. The van der Waals surface area contributed by atoms with E-state index in [1.807, 2.05) is 18.2 Å². The Balaban J connectivity index is 2.24. The average molecular weight is 292 g/mol. The van der Waals surface area contributed by atoms with Crippen molar-refractivity contribution in [3.63, 3.8) is 0 Å². The minimum absolute atomic E-state index is 0.164. The zero-order valence-electron chi connectivity index (χ0n) is 8.12. The van der Waals surface area contributed by atoms with Gasteiger partial charge in [-0.2, -0.15) is 0 Å². The Morgan fingerprint density at radius 2 is 2.33 bits per heavy atom. The van der Waals surface area contributed by atoms with Crippen molar-refractivity contribution in [1.29, 1.82) is 0 Å². The van der Waals surface area contributed by atoms with E-state index in [-0.39, 0.29) is 5.92 Å². The highest BCUT2D eigenvalue weighted by Crippen LogP contribution is 2.35. The van der Waals surface area contributed by atoms with Crippen LogP contribution >= 0.6 is 27.5 Å². The van der Waals surface area contributed by atoms with Gasteiger partial charge in [-0.15, -0.1) is 0 Å². The Morgan fingerprint density at radius 1 is 1.53 bits per heavy atom. The van der Waals surface area contributed by atoms with Crippen LogP contribution in [-0.4, -0.2) is 18.3 Å². The Labute approximate surface area is 102 Å². The summed E-state index contributed by atoms with van der Waals surface area (Å²) in [6.07, 6.45) is 0.363. The fourth-order valence-corrected chi connectivity index (χ4v) is 2.42. The van der Waals surface area contributed by atoms with Crippen LogP contribution in [0.5, 0.6) is 0 Å². The molecule has 0 spiro atoms. The highest BCUT2D eigenvalue weighted by molar-refractivity contribution is 9.10. The first-order chi connectivity index (χ1) is 7.20. The average Bonchev–Trinajstić information content (AvgIpc) is 2.74. The van der Waals surface area contributed by atoms with E-state index in [4.69, 9.17) is 16.3 Å². The van der Waals surface area contributed by atoms with Crippen molar-refractivity contribution < 1.29 is 9.84 Å². The van der Waals surface area contributed by atoms with Crippen LogP contribution in [0, 0.1) is 5.92 Å². The van der Waals surface area contributed by atoms with Gasteiger partial charge in [-0.05, 0) is 28.4 Å². The Kier molecular flexibility index (Phi) is 3.67. The first-order valence-corrected chi connectivity index (χ1v) is 6.07. The van der Waals surface area contributed by atoms with E-state index in [0.717, 1.165) is 23.1 Å².